The maximum atomic E-state index is 14.8. The standard InChI is InChI=1S/C43H46N8O7S/c1-26-19-27(2)21-29(20-26)40-39(34-22-30(8-14-35(34)46-40)43(4,5)42(52)49-31-9-10-32(49)12-11-31)28(3)24-48(18-17-47-25-45-36-7-6-16-44-41(36)47)59(57,58)38-15-13-33(50(53)54)23-37(38)51(55)56/h6-8,13-16,19-23,25,28,31-32,46H,9-12,17-18,24H2,1-5H3/t28-,31?,32?/m1/s1. The lowest BCUT2D eigenvalue weighted by Crippen LogP contribution is -2.45. The van der Waals surface area contributed by atoms with Crippen LogP contribution in [0.5, 0.6) is 0 Å². The molecule has 16 heteroatoms. The Bertz CT molecular complexity index is 2740. The number of pyridine rings is 1. The van der Waals surface area contributed by atoms with Gasteiger partial charge in [-0.2, -0.15) is 4.31 Å². The number of benzene rings is 3. The summed E-state index contributed by atoms with van der Waals surface area (Å²) in [6.45, 7) is 9.74. The molecule has 6 aromatic rings. The Morgan fingerprint density at radius 3 is 2.31 bits per heavy atom. The van der Waals surface area contributed by atoms with Gasteiger partial charge in [-0.1, -0.05) is 30.2 Å². The molecular weight excluding hydrogens is 773 g/mol. The molecule has 2 fully saturated rings. The van der Waals surface area contributed by atoms with Gasteiger partial charge in [0.2, 0.25) is 15.9 Å². The van der Waals surface area contributed by atoms with Crippen LogP contribution in [0, 0.1) is 34.1 Å². The minimum absolute atomic E-state index is 0.102. The van der Waals surface area contributed by atoms with Crippen molar-refractivity contribution in [3.05, 3.63) is 122 Å². The summed E-state index contributed by atoms with van der Waals surface area (Å²) in [4.78, 5) is 50.4. The second-order valence-corrected chi connectivity index (χ2v) is 18.5. The number of amides is 1. The van der Waals surface area contributed by atoms with E-state index in [0.717, 1.165) is 82.2 Å². The molecule has 0 unspecified atom stereocenters. The van der Waals surface area contributed by atoms with Crippen LogP contribution in [0.3, 0.4) is 0 Å². The second kappa shape index (κ2) is 15.0. The molecule has 3 aromatic carbocycles. The first-order chi connectivity index (χ1) is 28.0. The molecule has 306 valence electrons. The minimum atomic E-state index is -4.66. The van der Waals surface area contributed by atoms with Gasteiger partial charge in [0.15, 0.2) is 10.5 Å². The van der Waals surface area contributed by atoms with Crippen LogP contribution in [0.15, 0.2) is 84.1 Å². The fraction of sp³-hybridized carbons (Fsp3) is 0.372. The van der Waals surface area contributed by atoms with Gasteiger partial charge in [-0.25, -0.2) is 18.4 Å². The van der Waals surface area contributed by atoms with E-state index in [9.17, 15) is 33.4 Å². The lowest BCUT2D eigenvalue weighted by molar-refractivity contribution is -0.396. The van der Waals surface area contributed by atoms with E-state index in [1.165, 1.54) is 4.31 Å². The van der Waals surface area contributed by atoms with Crippen LogP contribution in [0.1, 0.15) is 74.6 Å². The largest absolute Gasteiger partial charge is 0.354 e. The summed E-state index contributed by atoms with van der Waals surface area (Å²) in [6.07, 6.45) is 7.29. The summed E-state index contributed by atoms with van der Waals surface area (Å²) in [5.41, 5.74) is 5.08. The van der Waals surface area contributed by atoms with Crippen molar-refractivity contribution in [3.8, 4) is 11.3 Å². The lowest BCUT2D eigenvalue weighted by atomic mass is 9.81. The zero-order valence-corrected chi connectivity index (χ0v) is 34.4. The molecule has 0 radical (unpaired) electrons. The fourth-order valence-electron chi connectivity index (χ4n) is 9.26. The first-order valence-electron chi connectivity index (χ1n) is 19.8. The first-order valence-corrected chi connectivity index (χ1v) is 21.2. The number of aryl methyl sites for hydroxylation is 2. The second-order valence-electron chi connectivity index (χ2n) is 16.6. The van der Waals surface area contributed by atoms with Gasteiger partial charge in [-0.15, -0.1) is 0 Å². The molecule has 3 aromatic heterocycles. The van der Waals surface area contributed by atoms with Crippen LogP contribution in [-0.4, -0.2) is 78.1 Å². The maximum Gasteiger partial charge on any atom is 0.296 e. The number of imidazole rings is 1. The van der Waals surface area contributed by atoms with Gasteiger partial charge in [0.25, 0.3) is 11.4 Å². The third-order valence-corrected chi connectivity index (χ3v) is 14.1. The van der Waals surface area contributed by atoms with Gasteiger partial charge >= 0.3 is 0 Å². The normalized spacial score (nSPS) is 17.4. The molecule has 2 saturated heterocycles. The van der Waals surface area contributed by atoms with E-state index in [-0.39, 0.29) is 37.6 Å². The van der Waals surface area contributed by atoms with E-state index in [0.29, 0.717) is 17.2 Å². The molecule has 0 aliphatic carbocycles. The number of carbonyl (C=O) groups excluding carboxylic acids is 1. The van der Waals surface area contributed by atoms with Gasteiger partial charge in [-0.05, 0) is 118 Å². The summed E-state index contributed by atoms with van der Waals surface area (Å²) in [5, 5.41) is 24.7. The number of non-ortho nitro benzene ring substituents is 1. The zero-order valence-electron chi connectivity index (χ0n) is 33.6. The van der Waals surface area contributed by atoms with E-state index in [4.69, 9.17) is 0 Å². The predicted molar refractivity (Wildman–Crippen MR) is 224 cm³/mol. The van der Waals surface area contributed by atoms with Crippen molar-refractivity contribution in [2.24, 2.45) is 0 Å². The Labute approximate surface area is 341 Å². The fourth-order valence-corrected chi connectivity index (χ4v) is 10.9. The smallest absolute Gasteiger partial charge is 0.296 e. The zero-order chi connectivity index (χ0) is 42.0. The number of hydrogen-bond donors (Lipinski definition) is 1. The van der Waals surface area contributed by atoms with E-state index in [2.05, 4.69) is 38.1 Å². The summed E-state index contributed by atoms with van der Waals surface area (Å²) >= 11 is 0. The van der Waals surface area contributed by atoms with Crippen molar-refractivity contribution in [1.29, 1.82) is 0 Å². The number of nitrogens with one attached hydrogen (secondary N) is 1. The highest BCUT2D eigenvalue weighted by atomic mass is 32.2. The van der Waals surface area contributed by atoms with Crippen LogP contribution in [0.4, 0.5) is 11.4 Å². The number of sulfonamides is 1. The van der Waals surface area contributed by atoms with Gasteiger partial charge in [0.1, 0.15) is 5.52 Å². The van der Waals surface area contributed by atoms with Crippen LogP contribution in [0.25, 0.3) is 33.3 Å². The molecule has 2 aliphatic heterocycles. The van der Waals surface area contributed by atoms with E-state index in [1.807, 2.05) is 52.8 Å². The molecule has 5 heterocycles. The highest BCUT2D eigenvalue weighted by Gasteiger charge is 2.47. The van der Waals surface area contributed by atoms with Crippen molar-refractivity contribution in [3.63, 3.8) is 0 Å². The Kier molecular flexibility index (Phi) is 10.1. The summed E-state index contributed by atoms with van der Waals surface area (Å²) in [6, 6.07) is 18.9. The van der Waals surface area contributed by atoms with Crippen LogP contribution >= 0.6 is 0 Å². The molecule has 1 atom stereocenters. The monoisotopic (exact) mass is 818 g/mol. The molecule has 0 spiro atoms. The average Bonchev–Trinajstić information content (AvgIpc) is 4.00. The predicted octanol–water partition coefficient (Wildman–Crippen LogP) is 7.94. The summed E-state index contributed by atoms with van der Waals surface area (Å²) < 4.78 is 32.5. The minimum Gasteiger partial charge on any atom is -0.354 e. The molecule has 1 N–H and O–H groups in total. The number of carbonyl (C=O) groups is 1. The van der Waals surface area contributed by atoms with Crippen molar-refractivity contribution in [2.45, 2.75) is 95.2 Å². The van der Waals surface area contributed by atoms with E-state index in [1.54, 1.807) is 29.2 Å². The SMILES string of the molecule is Cc1cc(C)cc(-c2[nH]c3ccc(C(C)(C)C(=O)N4C5CCC4CC5)cc3c2[C@H](C)CN(CCn2cnc3cccnc32)S(=O)(=O)c2ccc([N+](=O)[O-])cc2[N+](=O)[O-])c1. The average molecular weight is 819 g/mol. The lowest BCUT2D eigenvalue weighted by Gasteiger charge is -2.33. The number of H-pyrrole nitrogens is 1. The first kappa shape index (κ1) is 39.8. The Morgan fingerprint density at radius 2 is 1.64 bits per heavy atom. The highest BCUT2D eigenvalue weighted by Crippen LogP contribution is 2.43. The van der Waals surface area contributed by atoms with E-state index < -0.39 is 47.5 Å². The van der Waals surface area contributed by atoms with Gasteiger partial charge in [-0.3, -0.25) is 25.0 Å². The van der Waals surface area contributed by atoms with E-state index >= 15 is 0 Å². The number of nitrogens with zero attached hydrogens (tertiary/aromatic N) is 7. The Morgan fingerprint density at radius 1 is 0.949 bits per heavy atom. The van der Waals surface area contributed by atoms with Crippen molar-refractivity contribution in [2.75, 3.05) is 13.1 Å². The van der Waals surface area contributed by atoms with Crippen LogP contribution < -0.4 is 0 Å². The third-order valence-electron chi connectivity index (χ3n) is 12.2. The molecular formula is C43H46N8O7S. The molecule has 2 bridgehead atoms. The van der Waals surface area contributed by atoms with Crippen molar-refractivity contribution in [1.82, 2.24) is 28.7 Å². The molecule has 1 amide bonds. The number of rotatable bonds is 13. The number of fused-ring (bicyclic) bond motifs is 4. The highest BCUT2D eigenvalue weighted by molar-refractivity contribution is 7.89. The van der Waals surface area contributed by atoms with Crippen molar-refractivity contribution < 1.29 is 23.1 Å². The molecule has 2 aliphatic rings. The van der Waals surface area contributed by atoms with Crippen molar-refractivity contribution >= 4 is 49.4 Å². The number of nitro benzene ring substituents is 2. The summed E-state index contributed by atoms with van der Waals surface area (Å²) in [7, 11) is -4.66. The number of nitro groups is 2. The summed E-state index contributed by atoms with van der Waals surface area (Å²) in [5.74, 6) is -0.419. The Hall–Kier alpha value is -6.00. The van der Waals surface area contributed by atoms with Crippen LogP contribution in [0.2, 0.25) is 0 Å². The number of hydrogen-bond acceptors (Lipinski definition) is 9. The maximum absolute atomic E-state index is 14.8. The quantitative estimate of drug-likeness (QED) is 0.0890. The molecule has 8 rings (SSSR count). The van der Waals surface area contributed by atoms with Gasteiger partial charge < -0.3 is 14.5 Å². The number of aromatic amines is 1. The topological polar surface area (TPSA) is 190 Å². The van der Waals surface area contributed by atoms with Crippen LogP contribution in [-0.2, 0) is 26.8 Å². The third kappa shape index (κ3) is 7.13. The van der Waals surface area contributed by atoms with Gasteiger partial charge in [0, 0.05) is 54.9 Å². The molecule has 15 nitrogen and oxygen atoms in total. The molecule has 0 saturated carbocycles. The Balaban J connectivity index is 1.24. The number of aromatic nitrogens is 4. The van der Waals surface area contributed by atoms with Gasteiger partial charge in [0.05, 0.1) is 33.3 Å². The molecule has 59 heavy (non-hydrogen) atoms.